The number of esters is 1. The number of hydrogen-bond donors (Lipinski definition) is 1. The van der Waals surface area contributed by atoms with Crippen molar-refractivity contribution >= 4 is 11.7 Å². The van der Waals surface area contributed by atoms with E-state index in [-0.39, 0.29) is 23.9 Å². The molecule has 0 amide bonds. The van der Waals surface area contributed by atoms with Crippen LogP contribution in [-0.4, -0.2) is 38.3 Å². The van der Waals surface area contributed by atoms with Crippen molar-refractivity contribution in [2.24, 2.45) is 0 Å². The Labute approximate surface area is 126 Å². The van der Waals surface area contributed by atoms with E-state index in [1.165, 1.54) is 19.2 Å². The molecule has 1 unspecified atom stereocenters. The maximum absolute atomic E-state index is 13.3. The second-order valence-corrected chi connectivity index (χ2v) is 5.25. The molecule has 0 heterocycles. The minimum atomic E-state index is -0.349. The summed E-state index contributed by atoms with van der Waals surface area (Å²) in [6, 6.07) is 6.34. The standard InChI is InChI=1S/C16H25FN2O2/c1-5-19(14-8-6-7-13(17)11-14)10-9-15(16(20)21-4)18-12(2)3/h6-8,11-12,15,18H,5,9-10H2,1-4H3. The number of ether oxygens (including phenoxy) is 1. The Morgan fingerprint density at radius 2 is 2.14 bits per heavy atom. The molecule has 0 bridgehead atoms. The lowest BCUT2D eigenvalue weighted by Crippen LogP contribution is -2.43. The molecule has 0 aliphatic rings. The van der Waals surface area contributed by atoms with Gasteiger partial charge in [0.25, 0.3) is 0 Å². The van der Waals surface area contributed by atoms with Gasteiger partial charge in [-0.15, -0.1) is 0 Å². The van der Waals surface area contributed by atoms with Gasteiger partial charge in [-0.05, 0) is 31.5 Å². The van der Waals surface area contributed by atoms with E-state index in [1.54, 1.807) is 6.07 Å². The Balaban J connectivity index is 2.69. The van der Waals surface area contributed by atoms with E-state index in [0.29, 0.717) is 13.0 Å². The smallest absolute Gasteiger partial charge is 0.322 e. The molecule has 0 fully saturated rings. The second-order valence-electron chi connectivity index (χ2n) is 5.25. The number of nitrogens with one attached hydrogen (secondary N) is 1. The predicted octanol–water partition coefficient (Wildman–Crippen LogP) is 2.58. The van der Waals surface area contributed by atoms with E-state index in [4.69, 9.17) is 4.74 Å². The summed E-state index contributed by atoms with van der Waals surface area (Å²) in [4.78, 5) is 13.8. The Morgan fingerprint density at radius 1 is 1.43 bits per heavy atom. The van der Waals surface area contributed by atoms with Crippen molar-refractivity contribution in [1.29, 1.82) is 0 Å². The van der Waals surface area contributed by atoms with Gasteiger partial charge in [0.05, 0.1) is 7.11 Å². The fourth-order valence-corrected chi connectivity index (χ4v) is 2.24. The maximum Gasteiger partial charge on any atom is 0.322 e. The molecule has 0 aliphatic heterocycles. The minimum Gasteiger partial charge on any atom is -0.468 e. The fourth-order valence-electron chi connectivity index (χ4n) is 2.24. The highest BCUT2D eigenvalue weighted by Crippen LogP contribution is 2.16. The first-order valence-corrected chi connectivity index (χ1v) is 7.32. The average Bonchev–Trinajstić information content (AvgIpc) is 2.45. The van der Waals surface area contributed by atoms with Crippen LogP contribution in [0.5, 0.6) is 0 Å². The van der Waals surface area contributed by atoms with Crippen molar-refractivity contribution in [1.82, 2.24) is 5.32 Å². The lowest BCUT2D eigenvalue weighted by molar-refractivity contribution is -0.143. The highest BCUT2D eigenvalue weighted by Gasteiger charge is 2.20. The summed E-state index contributed by atoms with van der Waals surface area (Å²) >= 11 is 0. The second kappa shape index (κ2) is 8.62. The van der Waals surface area contributed by atoms with E-state index >= 15 is 0 Å². The lowest BCUT2D eigenvalue weighted by atomic mass is 10.1. The first kappa shape index (κ1) is 17.4. The molecule has 0 saturated carbocycles. The van der Waals surface area contributed by atoms with Crippen LogP contribution in [0.25, 0.3) is 0 Å². The highest BCUT2D eigenvalue weighted by molar-refractivity contribution is 5.75. The monoisotopic (exact) mass is 296 g/mol. The van der Waals surface area contributed by atoms with Gasteiger partial charge in [0.2, 0.25) is 0 Å². The Hall–Kier alpha value is -1.62. The molecule has 4 nitrogen and oxygen atoms in total. The third kappa shape index (κ3) is 5.71. The number of carbonyl (C=O) groups is 1. The molecular weight excluding hydrogens is 271 g/mol. The molecule has 0 spiro atoms. The highest BCUT2D eigenvalue weighted by atomic mass is 19.1. The Morgan fingerprint density at radius 3 is 2.67 bits per heavy atom. The number of halogens is 1. The zero-order chi connectivity index (χ0) is 15.8. The topological polar surface area (TPSA) is 41.6 Å². The SMILES string of the molecule is CCN(CCC(NC(C)C)C(=O)OC)c1cccc(F)c1. The number of hydrogen-bond acceptors (Lipinski definition) is 4. The Kier molecular flexibility index (Phi) is 7.15. The van der Waals surface area contributed by atoms with Crippen LogP contribution < -0.4 is 10.2 Å². The number of carbonyl (C=O) groups excluding carboxylic acids is 1. The summed E-state index contributed by atoms with van der Waals surface area (Å²) in [5, 5.41) is 3.20. The van der Waals surface area contributed by atoms with Crippen LogP contribution in [0.2, 0.25) is 0 Å². The number of anilines is 1. The predicted molar refractivity (Wildman–Crippen MR) is 83.0 cm³/mol. The molecule has 1 rings (SSSR count). The van der Waals surface area contributed by atoms with Crippen LogP contribution in [0, 0.1) is 5.82 Å². The average molecular weight is 296 g/mol. The molecule has 1 aromatic carbocycles. The lowest BCUT2D eigenvalue weighted by Gasteiger charge is -2.26. The summed E-state index contributed by atoms with van der Waals surface area (Å²) in [5.41, 5.74) is 0.825. The van der Waals surface area contributed by atoms with Gasteiger partial charge >= 0.3 is 5.97 Å². The van der Waals surface area contributed by atoms with Gasteiger partial charge in [-0.2, -0.15) is 0 Å². The zero-order valence-electron chi connectivity index (χ0n) is 13.2. The quantitative estimate of drug-likeness (QED) is 0.749. The molecule has 0 aliphatic carbocycles. The third-order valence-corrected chi connectivity index (χ3v) is 3.26. The van der Waals surface area contributed by atoms with Crippen LogP contribution in [0.1, 0.15) is 27.2 Å². The molecule has 1 atom stereocenters. The molecule has 1 N–H and O–H groups in total. The van der Waals surface area contributed by atoms with Gasteiger partial charge in [0, 0.05) is 24.8 Å². The van der Waals surface area contributed by atoms with Gasteiger partial charge in [-0.1, -0.05) is 19.9 Å². The van der Waals surface area contributed by atoms with Gasteiger partial charge in [-0.25, -0.2) is 4.39 Å². The minimum absolute atomic E-state index is 0.193. The van der Waals surface area contributed by atoms with Crippen LogP contribution >= 0.6 is 0 Å². The fraction of sp³-hybridized carbons (Fsp3) is 0.562. The van der Waals surface area contributed by atoms with Crippen molar-refractivity contribution < 1.29 is 13.9 Å². The van der Waals surface area contributed by atoms with Crippen molar-refractivity contribution in [3.05, 3.63) is 30.1 Å². The maximum atomic E-state index is 13.3. The van der Waals surface area contributed by atoms with Crippen molar-refractivity contribution in [2.75, 3.05) is 25.1 Å². The van der Waals surface area contributed by atoms with Gasteiger partial charge in [0.1, 0.15) is 11.9 Å². The van der Waals surface area contributed by atoms with Gasteiger partial charge in [0.15, 0.2) is 0 Å². The van der Waals surface area contributed by atoms with Gasteiger partial charge in [-0.3, -0.25) is 4.79 Å². The van der Waals surface area contributed by atoms with E-state index < -0.39 is 0 Å². The summed E-state index contributed by atoms with van der Waals surface area (Å²) in [5.74, 6) is -0.519. The normalized spacial score (nSPS) is 12.3. The van der Waals surface area contributed by atoms with E-state index in [1.807, 2.05) is 31.7 Å². The summed E-state index contributed by atoms with van der Waals surface area (Å²) in [6.07, 6.45) is 0.606. The zero-order valence-corrected chi connectivity index (χ0v) is 13.2. The first-order valence-electron chi connectivity index (χ1n) is 7.32. The molecule has 5 heteroatoms. The largest absolute Gasteiger partial charge is 0.468 e. The van der Waals surface area contributed by atoms with Crippen LogP contribution in [0.3, 0.4) is 0 Å². The molecule has 0 saturated heterocycles. The number of benzene rings is 1. The number of nitrogens with zero attached hydrogens (tertiary/aromatic N) is 1. The number of methoxy groups -OCH3 is 1. The van der Waals surface area contributed by atoms with E-state index in [2.05, 4.69) is 5.32 Å². The molecule has 1 aromatic rings. The van der Waals surface area contributed by atoms with E-state index in [9.17, 15) is 9.18 Å². The molecular formula is C16H25FN2O2. The third-order valence-electron chi connectivity index (χ3n) is 3.26. The number of rotatable bonds is 8. The molecule has 0 aromatic heterocycles. The molecule has 118 valence electrons. The van der Waals surface area contributed by atoms with E-state index in [0.717, 1.165) is 12.2 Å². The van der Waals surface area contributed by atoms with Crippen molar-refractivity contribution in [3.8, 4) is 0 Å². The van der Waals surface area contributed by atoms with Crippen molar-refractivity contribution in [3.63, 3.8) is 0 Å². The summed E-state index contributed by atoms with van der Waals surface area (Å²) < 4.78 is 18.1. The first-order chi connectivity index (χ1) is 9.97. The Bertz CT molecular complexity index is 452. The van der Waals surface area contributed by atoms with Crippen LogP contribution in [-0.2, 0) is 9.53 Å². The van der Waals surface area contributed by atoms with Crippen LogP contribution in [0.15, 0.2) is 24.3 Å². The van der Waals surface area contributed by atoms with Crippen molar-refractivity contribution in [2.45, 2.75) is 39.3 Å². The van der Waals surface area contributed by atoms with Crippen LogP contribution in [0.4, 0.5) is 10.1 Å². The molecule has 0 radical (unpaired) electrons. The summed E-state index contributed by atoms with van der Waals surface area (Å²) in [6.45, 7) is 7.38. The molecule has 21 heavy (non-hydrogen) atoms. The summed E-state index contributed by atoms with van der Waals surface area (Å²) in [7, 11) is 1.39. The van der Waals surface area contributed by atoms with Gasteiger partial charge < -0.3 is 15.0 Å².